The summed E-state index contributed by atoms with van der Waals surface area (Å²) in [6.45, 7) is 2.42. The lowest BCUT2D eigenvalue weighted by Crippen LogP contribution is -2.49. The average Bonchev–Trinajstić information content (AvgIpc) is 2.72. The fourth-order valence-electron chi connectivity index (χ4n) is 3.57. The SMILES string of the molecule is COc1ccc([C@@H]2[C@@H](CO)OCCN2C(=O)c2ccc(Cl)cc2C)cc1OC. The number of methoxy groups -OCH3 is 2. The first-order valence-corrected chi connectivity index (χ1v) is 9.39. The molecule has 0 aromatic heterocycles. The second-order valence-electron chi connectivity index (χ2n) is 6.61. The minimum atomic E-state index is -0.539. The molecule has 1 fully saturated rings. The van der Waals surface area contributed by atoms with Crippen LogP contribution in [0.2, 0.25) is 5.02 Å². The van der Waals surface area contributed by atoms with Crippen molar-refractivity contribution in [1.29, 1.82) is 0 Å². The Morgan fingerprint density at radius 2 is 1.96 bits per heavy atom. The molecular formula is C21H24ClNO5. The van der Waals surface area contributed by atoms with Gasteiger partial charge in [0, 0.05) is 17.1 Å². The third-order valence-electron chi connectivity index (χ3n) is 4.96. The van der Waals surface area contributed by atoms with Gasteiger partial charge in [0.25, 0.3) is 5.91 Å². The van der Waals surface area contributed by atoms with Crippen LogP contribution in [0.4, 0.5) is 0 Å². The smallest absolute Gasteiger partial charge is 0.254 e. The van der Waals surface area contributed by atoms with Gasteiger partial charge in [-0.3, -0.25) is 4.79 Å². The van der Waals surface area contributed by atoms with Gasteiger partial charge >= 0.3 is 0 Å². The molecule has 28 heavy (non-hydrogen) atoms. The van der Waals surface area contributed by atoms with E-state index >= 15 is 0 Å². The van der Waals surface area contributed by atoms with Crippen molar-refractivity contribution in [2.24, 2.45) is 0 Å². The third kappa shape index (κ3) is 3.94. The molecule has 1 N–H and O–H groups in total. The number of nitrogens with zero attached hydrogens (tertiary/aromatic N) is 1. The normalized spacial score (nSPS) is 19.4. The van der Waals surface area contributed by atoms with Crippen LogP contribution in [0, 0.1) is 6.92 Å². The van der Waals surface area contributed by atoms with E-state index in [4.69, 9.17) is 25.8 Å². The topological polar surface area (TPSA) is 68.2 Å². The quantitative estimate of drug-likeness (QED) is 0.827. The summed E-state index contributed by atoms with van der Waals surface area (Å²) in [7, 11) is 3.12. The zero-order valence-electron chi connectivity index (χ0n) is 16.1. The number of hydrogen-bond donors (Lipinski definition) is 1. The van der Waals surface area contributed by atoms with Crippen LogP contribution in [0.25, 0.3) is 0 Å². The molecule has 0 saturated carbocycles. The highest BCUT2D eigenvalue weighted by Gasteiger charge is 2.37. The average molecular weight is 406 g/mol. The predicted octanol–water partition coefficient (Wildman–Crippen LogP) is 3.24. The van der Waals surface area contributed by atoms with Gasteiger partial charge in [-0.15, -0.1) is 0 Å². The summed E-state index contributed by atoms with van der Waals surface area (Å²) in [6, 6.07) is 10.2. The van der Waals surface area contributed by atoms with Gasteiger partial charge in [0.1, 0.15) is 6.10 Å². The number of ether oxygens (including phenoxy) is 3. The number of amides is 1. The molecule has 1 amide bonds. The molecule has 7 heteroatoms. The van der Waals surface area contributed by atoms with Gasteiger partial charge in [-0.2, -0.15) is 0 Å². The van der Waals surface area contributed by atoms with E-state index < -0.39 is 12.1 Å². The molecule has 0 bridgehead atoms. The van der Waals surface area contributed by atoms with E-state index in [1.165, 1.54) is 0 Å². The van der Waals surface area contributed by atoms with Gasteiger partial charge in [-0.1, -0.05) is 17.7 Å². The molecule has 1 aliphatic rings. The molecule has 3 rings (SSSR count). The van der Waals surface area contributed by atoms with E-state index in [1.807, 2.05) is 19.1 Å². The van der Waals surface area contributed by atoms with Crippen LogP contribution in [-0.2, 0) is 4.74 Å². The van der Waals surface area contributed by atoms with E-state index in [0.717, 1.165) is 11.1 Å². The highest BCUT2D eigenvalue weighted by atomic mass is 35.5. The molecule has 2 aromatic rings. The second-order valence-corrected chi connectivity index (χ2v) is 7.05. The molecule has 0 spiro atoms. The number of aryl methyl sites for hydroxylation is 1. The summed E-state index contributed by atoms with van der Waals surface area (Å²) >= 11 is 6.04. The van der Waals surface area contributed by atoms with E-state index in [-0.39, 0.29) is 12.5 Å². The zero-order chi connectivity index (χ0) is 20.3. The highest BCUT2D eigenvalue weighted by molar-refractivity contribution is 6.30. The lowest BCUT2D eigenvalue weighted by Gasteiger charge is -2.41. The van der Waals surface area contributed by atoms with E-state index in [1.54, 1.807) is 43.4 Å². The maximum absolute atomic E-state index is 13.3. The number of morpholine rings is 1. The largest absolute Gasteiger partial charge is 0.493 e. The number of carbonyl (C=O) groups excluding carboxylic acids is 1. The molecule has 0 unspecified atom stereocenters. The van der Waals surface area contributed by atoms with Crippen molar-refractivity contribution >= 4 is 17.5 Å². The van der Waals surface area contributed by atoms with Crippen molar-refractivity contribution < 1.29 is 24.1 Å². The Morgan fingerprint density at radius 3 is 2.61 bits per heavy atom. The van der Waals surface area contributed by atoms with E-state index in [2.05, 4.69) is 0 Å². The van der Waals surface area contributed by atoms with Gasteiger partial charge < -0.3 is 24.2 Å². The zero-order valence-corrected chi connectivity index (χ0v) is 16.9. The Bertz CT molecular complexity index is 857. The van der Waals surface area contributed by atoms with Gasteiger partial charge in [-0.25, -0.2) is 0 Å². The Kier molecular flexibility index (Phi) is 6.44. The Morgan fingerprint density at radius 1 is 1.21 bits per heavy atom. The second kappa shape index (κ2) is 8.82. The first-order valence-electron chi connectivity index (χ1n) is 9.01. The summed E-state index contributed by atoms with van der Waals surface area (Å²) in [5.74, 6) is 1.02. The van der Waals surface area contributed by atoms with Crippen LogP contribution < -0.4 is 9.47 Å². The minimum absolute atomic E-state index is 0.129. The molecule has 2 atom stereocenters. The fraction of sp³-hybridized carbons (Fsp3) is 0.381. The maximum Gasteiger partial charge on any atom is 0.254 e. The number of aliphatic hydroxyl groups excluding tert-OH is 1. The van der Waals surface area contributed by atoms with Gasteiger partial charge in [0.15, 0.2) is 11.5 Å². The van der Waals surface area contributed by atoms with Crippen LogP contribution in [0.15, 0.2) is 36.4 Å². The summed E-state index contributed by atoms with van der Waals surface area (Å²) in [4.78, 5) is 15.1. The van der Waals surface area contributed by atoms with E-state index in [9.17, 15) is 9.90 Å². The Labute approximate surface area is 169 Å². The summed E-state index contributed by atoms with van der Waals surface area (Å²) in [6.07, 6.45) is -0.539. The minimum Gasteiger partial charge on any atom is -0.493 e. The molecule has 0 aliphatic carbocycles. The molecule has 150 valence electrons. The predicted molar refractivity (Wildman–Crippen MR) is 106 cm³/mol. The number of hydrogen-bond acceptors (Lipinski definition) is 5. The summed E-state index contributed by atoms with van der Waals surface area (Å²) < 4.78 is 16.5. The summed E-state index contributed by atoms with van der Waals surface area (Å²) in [5, 5.41) is 10.5. The number of rotatable bonds is 5. The number of halogens is 1. The number of carbonyl (C=O) groups is 1. The van der Waals surface area contributed by atoms with Crippen molar-refractivity contribution in [1.82, 2.24) is 4.90 Å². The number of benzene rings is 2. The lowest BCUT2D eigenvalue weighted by molar-refractivity contribution is -0.0812. The molecule has 1 aliphatic heterocycles. The monoisotopic (exact) mass is 405 g/mol. The Hall–Kier alpha value is -2.28. The van der Waals surface area contributed by atoms with Crippen molar-refractivity contribution in [3.63, 3.8) is 0 Å². The van der Waals surface area contributed by atoms with Crippen LogP contribution in [0.1, 0.15) is 27.5 Å². The Balaban J connectivity index is 2.02. The van der Waals surface area contributed by atoms with Crippen LogP contribution in [-0.4, -0.2) is 56.0 Å². The molecule has 2 aromatic carbocycles. The van der Waals surface area contributed by atoms with Crippen LogP contribution in [0.3, 0.4) is 0 Å². The first-order chi connectivity index (χ1) is 13.5. The summed E-state index contributed by atoms with van der Waals surface area (Å²) in [5.41, 5.74) is 2.18. The first kappa shape index (κ1) is 20.5. The van der Waals surface area contributed by atoms with Crippen molar-refractivity contribution in [2.75, 3.05) is 34.0 Å². The number of aliphatic hydroxyl groups is 1. The molecule has 1 saturated heterocycles. The molecule has 0 radical (unpaired) electrons. The van der Waals surface area contributed by atoms with Crippen molar-refractivity contribution in [3.8, 4) is 11.5 Å². The maximum atomic E-state index is 13.3. The van der Waals surface area contributed by atoms with E-state index in [0.29, 0.717) is 35.2 Å². The highest BCUT2D eigenvalue weighted by Crippen LogP contribution is 2.36. The molecular weight excluding hydrogens is 382 g/mol. The van der Waals surface area contributed by atoms with Gasteiger partial charge in [0.05, 0.1) is 33.5 Å². The third-order valence-corrected chi connectivity index (χ3v) is 5.20. The fourth-order valence-corrected chi connectivity index (χ4v) is 3.79. The van der Waals surface area contributed by atoms with Crippen LogP contribution >= 0.6 is 11.6 Å². The van der Waals surface area contributed by atoms with Gasteiger partial charge in [-0.05, 0) is 48.4 Å². The molecule has 6 nitrogen and oxygen atoms in total. The van der Waals surface area contributed by atoms with Crippen molar-refractivity contribution in [3.05, 3.63) is 58.1 Å². The van der Waals surface area contributed by atoms with Crippen LogP contribution in [0.5, 0.6) is 11.5 Å². The van der Waals surface area contributed by atoms with Crippen molar-refractivity contribution in [2.45, 2.75) is 19.1 Å². The van der Waals surface area contributed by atoms with Gasteiger partial charge in [0.2, 0.25) is 0 Å². The standard InChI is InChI=1S/C21H24ClNO5/c1-13-10-15(22)5-6-16(13)21(25)23-8-9-28-19(12-24)20(23)14-4-7-17(26-2)18(11-14)27-3/h4-7,10-11,19-20,24H,8-9,12H2,1-3H3/t19-,20-/m1/s1. The molecule has 1 heterocycles. The lowest BCUT2D eigenvalue weighted by atomic mass is 9.96.